The Hall–Kier alpha value is -3.02. The van der Waals surface area contributed by atoms with Crippen LogP contribution in [0.2, 0.25) is 0 Å². The van der Waals surface area contributed by atoms with E-state index in [9.17, 15) is 4.79 Å². The molecule has 0 saturated carbocycles. The molecule has 1 heterocycles. The highest BCUT2D eigenvalue weighted by molar-refractivity contribution is 5.95. The first kappa shape index (κ1) is 13.0. The number of amides is 1. The molecule has 0 spiro atoms. The predicted molar refractivity (Wildman–Crippen MR) is 75.7 cm³/mol. The number of ether oxygens (including phenoxy) is 2. The van der Waals surface area contributed by atoms with E-state index in [0.29, 0.717) is 17.1 Å². The van der Waals surface area contributed by atoms with Crippen LogP contribution in [-0.4, -0.2) is 24.0 Å². The predicted octanol–water partition coefficient (Wildman–Crippen LogP) is 1.88. The number of hydrogen-bond acceptors (Lipinski definition) is 5. The second-order valence-electron chi connectivity index (χ2n) is 4.36. The number of fused-ring (bicyclic) bond motifs is 1. The van der Waals surface area contributed by atoms with E-state index >= 15 is 0 Å². The molecule has 6 nitrogen and oxygen atoms in total. The van der Waals surface area contributed by atoms with E-state index in [1.807, 2.05) is 0 Å². The summed E-state index contributed by atoms with van der Waals surface area (Å²) in [7, 11) is 0. The van der Waals surface area contributed by atoms with Crippen LogP contribution in [0.25, 0.3) is 0 Å². The quantitative estimate of drug-likeness (QED) is 0.666. The van der Waals surface area contributed by atoms with Gasteiger partial charge >= 0.3 is 0 Å². The molecule has 0 atom stereocenters. The molecule has 3 rings (SSSR count). The Morgan fingerprint density at radius 3 is 2.71 bits per heavy atom. The van der Waals surface area contributed by atoms with E-state index in [0.717, 1.165) is 5.56 Å². The van der Waals surface area contributed by atoms with E-state index in [1.54, 1.807) is 42.5 Å². The summed E-state index contributed by atoms with van der Waals surface area (Å²) in [5.74, 6) is 1.00. The van der Waals surface area contributed by atoms with Crippen molar-refractivity contribution in [3.63, 3.8) is 0 Å². The van der Waals surface area contributed by atoms with Crippen molar-refractivity contribution in [2.24, 2.45) is 5.10 Å². The van der Waals surface area contributed by atoms with Gasteiger partial charge in [0.15, 0.2) is 11.5 Å². The lowest BCUT2D eigenvalue weighted by molar-refractivity contribution is 0.0954. The summed E-state index contributed by atoms with van der Waals surface area (Å²) in [6.45, 7) is 0.166. The molecule has 0 fully saturated rings. The van der Waals surface area contributed by atoms with Gasteiger partial charge in [-0.3, -0.25) is 4.79 Å². The summed E-state index contributed by atoms with van der Waals surface area (Å²) >= 11 is 0. The Bertz CT molecular complexity index is 695. The molecule has 1 aliphatic heterocycles. The molecule has 2 aromatic carbocycles. The zero-order valence-corrected chi connectivity index (χ0v) is 10.9. The summed E-state index contributed by atoms with van der Waals surface area (Å²) in [5, 5.41) is 13.0. The number of nitrogens with zero attached hydrogens (tertiary/aromatic N) is 1. The summed E-state index contributed by atoms with van der Waals surface area (Å²) in [6.07, 6.45) is 1.49. The van der Waals surface area contributed by atoms with Crippen molar-refractivity contribution < 1.29 is 19.4 Å². The van der Waals surface area contributed by atoms with Gasteiger partial charge < -0.3 is 14.6 Å². The van der Waals surface area contributed by atoms with E-state index in [1.165, 1.54) is 6.21 Å². The number of hydrazone groups is 1. The Morgan fingerprint density at radius 2 is 1.90 bits per heavy atom. The van der Waals surface area contributed by atoms with E-state index < -0.39 is 0 Å². The molecule has 1 aliphatic rings. The Labute approximate surface area is 120 Å². The first-order valence-electron chi connectivity index (χ1n) is 6.24. The number of phenols is 1. The topological polar surface area (TPSA) is 80.2 Å². The van der Waals surface area contributed by atoms with Crippen molar-refractivity contribution in [1.29, 1.82) is 0 Å². The highest BCUT2D eigenvalue weighted by Crippen LogP contribution is 2.32. The molecular weight excluding hydrogens is 272 g/mol. The van der Waals surface area contributed by atoms with E-state index in [-0.39, 0.29) is 18.4 Å². The van der Waals surface area contributed by atoms with Crippen molar-refractivity contribution in [3.05, 3.63) is 53.6 Å². The van der Waals surface area contributed by atoms with Crippen LogP contribution in [0.1, 0.15) is 15.9 Å². The number of hydrogen-bond donors (Lipinski definition) is 2. The minimum Gasteiger partial charge on any atom is -0.508 e. The molecule has 6 heteroatoms. The fourth-order valence-electron chi connectivity index (χ4n) is 1.83. The number of carbonyl (C=O) groups is 1. The van der Waals surface area contributed by atoms with Crippen LogP contribution in [0.5, 0.6) is 17.2 Å². The number of benzene rings is 2. The van der Waals surface area contributed by atoms with Gasteiger partial charge in [-0.2, -0.15) is 5.10 Å². The molecule has 0 aliphatic carbocycles. The van der Waals surface area contributed by atoms with Crippen LogP contribution in [-0.2, 0) is 0 Å². The zero-order valence-electron chi connectivity index (χ0n) is 10.9. The van der Waals surface area contributed by atoms with Gasteiger partial charge in [0.25, 0.3) is 5.91 Å². The highest BCUT2D eigenvalue weighted by Gasteiger charge is 2.15. The largest absolute Gasteiger partial charge is 0.508 e. The number of aromatic hydroxyl groups is 1. The average molecular weight is 284 g/mol. The van der Waals surface area contributed by atoms with Gasteiger partial charge in [0.1, 0.15) is 5.75 Å². The SMILES string of the molecule is O=C(N/N=C\c1ccc(O)cc1)c1ccc2c(c1)OCO2. The Kier molecular flexibility index (Phi) is 3.42. The maximum Gasteiger partial charge on any atom is 0.271 e. The van der Waals surface area contributed by atoms with Crippen molar-refractivity contribution in [2.75, 3.05) is 6.79 Å². The lowest BCUT2D eigenvalue weighted by atomic mass is 10.2. The lowest BCUT2D eigenvalue weighted by Gasteiger charge is -2.01. The van der Waals surface area contributed by atoms with Crippen LogP contribution in [0.4, 0.5) is 0 Å². The molecule has 0 saturated heterocycles. The molecule has 0 aromatic heterocycles. The van der Waals surface area contributed by atoms with Crippen molar-refractivity contribution in [3.8, 4) is 17.2 Å². The van der Waals surface area contributed by atoms with Crippen LogP contribution in [0.15, 0.2) is 47.6 Å². The van der Waals surface area contributed by atoms with Crippen LogP contribution in [0.3, 0.4) is 0 Å². The van der Waals surface area contributed by atoms with Gasteiger partial charge in [0, 0.05) is 5.56 Å². The van der Waals surface area contributed by atoms with Gasteiger partial charge in [-0.05, 0) is 48.0 Å². The first-order valence-corrected chi connectivity index (χ1v) is 6.24. The van der Waals surface area contributed by atoms with Crippen LogP contribution in [0, 0.1) is 0 Å². The maximum absolute atomic E-state index is 11.9. The third-order valence-electron chi connectivity index (χ3n) is 2.91. The van der Waals surface area contributed by atoms with Crippen LogP contribution < -0.4 is 14.9 Å². The number of phenolic OH excluding ortho intramolecular Hbond substituents is 1. The third kappa shape index (κ3) is 2.94. The summed E-state index contributed by atoms with van der Waals surface area (Å²) in [6, 6.07) is 11.4. The normalized spacial score (nSPS) is 12.6. The lowest BCUT2D eigenvalue weighted by Crippen LogP contribution is -2.17. The maximum atomic E-state index is 11.9. The highest BCUT2D eigenvalue weighted by atomic mass is 16.7. The molecule has 106 valence electrons. The summed E-state index contributed by atoms with van der Waals surface area (Å²) in [4.78, 5) is 11.9. The molecule has 0 radical (unpaired) electrons. The fraction of sp³-hybridized carbons (Fsp3) is 0.0667. The fourth-order valence-corrected chi connectivity index (χ4v) is 1.83. The van der Waals surface area contributed by atoms with Gasteiger partial charge in [-0.25, -0.2) is 5.43 Å². The first-order chi connectivity index (χ1) is 10.2. The smallest absolute Gasteiger partial charge is 0.271 e. The van der Waals surface area contributed by atoms with Crippen LogP contribution >= 0.6 is 0 Å². The van der Waals surface area contributed by atoms with E-state index in [2.05, 4.69) is 10.5 Å². The monoisotopic (exact) mass is 284 g/mol. The third-order valence-corrected chi connectivity index (χ3v) is 2.91. The molecule has 0 bridgehead atoms. The molecule has 2 aromatic rings. The van der Waals surface area contributed by atoms with Crippen molar-refractivity contribution in [1.82, 2.24) is 5.43 Å². The standard InChI is InChI=1S/C15H12N2O4/c18-12-4-1-10(2-5-12)8-16-17-15(19)11-3-6-13-14(7-11)21-9-20-13/h1-8,18H,9H2,(H,17,19)/b16-8-. The molecular formula is C15H12N2O4. The molecule has 1 amide bonds. The van der Waals surface area contributed by atoms with Gasteiger partial charge in [-0.15, -0.1) is 0 Å². The Morgan fingerprint density at radius 1 is 1.14 bits per heavy atom. The van der Waals surface area contributed by atoms with E-state index in [4.69, 9.17) is 14.6 Å². The second kappa shape index (κ2) is 5.54. The number of rotatable bonds is 3. The van der Waals surface area contributed by atoms with Crippen molar-refractivity contribution in [2.45, 2.75) is 0 Å². The van der Waals surface area contributed by atoms with Gasteiger partial charge in [0.05, 0.1) is 6.21 Å². The molecule has 21 heavy (non-hydrogen) atoms. The van der Waals surface area contributed by atoms with Crippen molar-refractivity contribution >= 4 is 12.1 Å². The number of nitrogens with one attached hydrogen (secondary N) is 1. The average Bonchev–Trinajstić information content (AvgIpc) is 2.96. The Balaban J connectivity index is 1.65. The minimum atomic E-state index is -0.344. The zero-order chi connectivity index (χ0) is 14.7. The molecule has 0 unspecified atom stereocenters. The van der Waals surface area contributed by atoms with Gasteiger partial charge in [0.2, 0.25) is 6.79 Å². The second-order valence-corrected chi connectivity index (χ2v) is 4.36. The molecule has 2 N–H and O–H groups in total. The summed E-state index contributed by atoms with van der Waals surface area (Å²) in [5.41, 5.74) is 3.62. The minimum absolute atomic E-state index is 0.166. The number of carbonyl (C=O) groups excluding carboxylic acids is 1. The van der Waals surface area contributed by atoms with Gasteiger partial charge in [-0.1, -0.05) is 0 Å². The summed E-state index contributed by atoms with van der Waals surface area (Å²) < 4.78 is 10.4.